The second-order valence-electron chi connectivity index (χ2n) is 3.08. The Morgan fingerprint density at radius 3 is 2.81 bits per heavy atom. The molecule has 7 nitrogen and oxygen atoms in total. The molecule has 0 fully saturated rings. The van der Waals surface area contributed by atoms with E-state index in [0.717, 1.165) is 0 Å². The number of nitrogens with two attached hydrogens (primary N) is 1. The van der Waals surface area contributed by atoms with Gasteiger partial charge in [-0.2, -0.15) is 15.0 Å². The summed E-state index contributed by atoms with van der Waals surface area (Å²) >= 11 is 0. The average molecular weight is 220 g/mol. The van der Waals surface area contributed by atoms with Crippen molar-refractivity contribution in [3.63, 3.8) is 0 Å². The second kappa shape index (κ2) is 4.05. The molecule has 0 aliphatic carbocycles. The van der Waals surface area contributed by atoms with Crippen molar-refractivity contribution in [1.82, 2.24) is 15.0 Å². The highest BCUT2D eigenvalue weighted by atomic mass is 16.3. The molecule has 0 bridgehead atoms. The molecule has 0 spiro atoms. The Kier molecular flexibility index (Phi) is 2.59. The minimum Gasteiger partial charge on any atom is -0.448 e. The molecule has 7 heteroatoms. The zero-order valence-electron chi connectivity index (χ0n) is 9.01. The van der Waals surface area contributed by atoms with Crippen LogP contribution in [0.2, 0.25) is 0 Å². The number of hydrogen-bond acceptors (Lipinski definition) is 7. The maximum atomic E-state index is 5.57. The number of nitrogens with one attached hydrogen (secondary N) is 1. The van der Waals surface area contributed by atoms with E-state index in [1.54, 1.807) is 37.4 Å². The third kappa shape index (κ3) is 1.88. The van der Waals surface area contributed by atoms with Crippen molar-refractivity contribution in [3.05, 3.63) is 18.4 Å². The van der Waals surface area contributed by atoms with E-state index in [-0.39, 0.29) is 5.95 Å². The molecule has 2 aromatic heterocycles. The molecule has 2 rings (SSSR count). The van der Waals surface area contributed by atoms with Gasteiger partial charge < -0.3 is 15.5 Å². The molecule has 0 aliphatic rings. The number of furan rings is 1. The Hall–Kier alpha value is -2.31. The first-order chi connectivity index (χ1) is 7.70. The second-order valence-corrected chi connectivity index (χ2v) is 3.08. The smallest absolute Gasteiger partial charge is 0.238 e. The van der Waals surface area contributed by atoms with Gasteiger partial charge in [-0.25, -0.2) is 0 Å². The lowest BCUT2D eigenvalue weighted by atomic mass is 10.6. The monoisotopic (exact) mass is 220 g/mol. The third-order valence-corrected chi connectivity index (χ3v) is 2.00. The van der Waals surface area contributed by atoms with Gasteiger partial charge in [0.2, 0.25) is 23.7 Å². The van der Waals surface area contributed by atoms with E-state index in [1.165, 1.54) is 0 Å². The van der Waals surface area contributed by atoms with Crippen LogP contribution in [-0.4, -0.2) is 29.0 Å². The van der Waals surface area contributed by atoms with E-state index in [1.807, 2.05) is 0 Å². The van der Waals surface area contributed by atoms with Crippen LogP contribution in [0.5, 0.6) is 0 Å². The van der Waals surface area contributed by atoms with Crippen LogP contribution in [0, 0.1) is 0 Å². The fraction of sp³-hybridized carbons (Fsp3) is 0.222. The van der Waals surface area contributed by atoms with E-state index in [2.05, 4.69) is 20.3 Å². The van der Waals surface area contributed by atoms with Crippen molar-refractivity contribution in [3.8, 4) is 0 Å². The molecule has 0 saturated heterocycles. The van der Waals surface area contributed by atoms with Gasteiger partial charge in [-0.3, -0.25) is 4.90 Å². The topological polar surface area (TPSA) is 93.1 Å². The Labute approximate surface area is 92.3 Å². The number of anilines is 4. The normalized spacial score (nSPS) is 10.1. The molecular formula is C9H12N6O. The maximum absolute atomic E-state index is 5.57. The van der Waals surface area contributed by atoms with Crippen LogP contribution in [0.4, 0.5) is 23.7 Å². The van der Waals surface area contributed by atoms with Crippen molar-refractivity contribution < 1.29 is 4.42 Å². The van der Waals surface area contributed by atoms with E-state index in [9.17, 15) is 0 Å². The Balaban J connectivity index is 2.36. The van der Waals surface area contributed by atoms with Crippen LogP contribution in [0.3, 0.4) is 0 Å². The first-order valence-corrected chi connectivity index (χ1v) is 4.67. The minimum absolute atomic E-state index is 0.160. The van der Waals surface area contributed by atoms with Crippen LogP contribution in [0.15, 0.2) is 22.8 Å². The molecular weight excluding hydrogens is 208 g/mol. The molecule has 0 aliphatic heterocycles. The lowest BCUT2D eigenvalue weighted by Gasteiger charge is -2.14. The molecule has 3 N–H and O–H groups in total. The van der Waals surface area contributed by atoms with Crippen molar-refractivity contribution in [2.24, 2.45) is 0 Å². The number of rotatable bonds is 3. The van der Waals surface area contributed by atoms with Gasteiger partial charge in [0.1, 0.15) is 0 Å². The summed E-state index contributed by atoms with van der Waals surface area (Å²) in [4.78, 5) is 13.8. The van der Waals surface area contributed by atoms with Gasteiger partial charge in [0, 0.05) is 20.2 Å². The fourth-order valence-corrected chi connectivity index (χ4v) is 1.20. The molecule has 0 amide bonds. The highest BCUT2D eigenvalue weighted by Gasteiger charge is 2.11. The summed E-state index contributed by atoms with van der Waals surface area (Å²) in [7, 11) is 3.50. The standard InChI is InChI=1S/C9H12N6O/c1-11-8-12-7(10)13-9(14-8)15(2)6-4-3-5-16-6/h3-5H,1-2H3,(H3,10,11,12,13,14). The van der Waals surface area contributed by atoms with E-state index in [0.29, 0.717) is 17.8 Å². The van der Waals surface area contributed by atoms with Crippen LogP contribution >= 0.6 is 0 Å². The highest BCUT2D eigenvalue weighted by molar-refractivity contribution is 5.52. The summed E-state index contributed by atoms with van der Waals surface area (Å²) in [6, 6.07) is 3.59. The highest BCUT2D eigenvalue weighted by Crippen LogP contribution is 2.21. The summed E-state index contributed by atoms with van der Waals surface area (Å²) in [5.41, 5.74) is 5.57. The molecule has 16 heavy (non-hydrogen) atoms. The van der Waals surface area contributed by atoms with Gasteiger partial charge in [0.05, 0.1) is 6.26 Å². The van der Waals surface area contributed by atoms with Gasteiger partial charge in [-0.15, -0.1) is 0 Å². The number of hydrogen-bond donors (Lipinski definition) is 2. The van der Waals surface area contributed by atoms with E-state index < -0.39 is 0 Å². The van der Waals surface area contributed by atoms with E-state index in [4.69, 9.17) is 10.2 Å². The molecule has 0 unspecified atom stereocenters. The molecule has 0 radical (unpaired) electrons. The first-order valence-electron chi connectivity index (χ1n) is 4.67. The zero-order valence-corrected chi connectivity index (χ0v) is 9.01. The largest absolute Gasteiger partial charge is 0.448 e. The quantitative estimate of drug-likeness (QED) is 0.792. The predicted molar refractivity (Wildman–Crippen MR) is 60.6 cm³/mol. The van der Waals surface area contributed by atoms with Gasteiger partial charge >= 0.3 is 0 Å². The number of nitrogen functional groups attached to an aromatic ring is 1. The SMILES string of the molecule is CNc1nc(N)nc(N(C)c2ccco2)n1. The van der Waals surface area contributed by atoms with Gasteiger partial charge in [-0.1, -0.05) is 0 Å². The predicted octanol–water partition coefficient (Wildman–Crippen LogP) is 0.856. The Morgan fingerprint density at radius 2 is 2.19 bits per heavy atom. The average Bonchev–Trinajstić information content (AvgIpc) is 2.80. The van der Waals surface area contributed by atoms with Crippen LogP contribution in [0.1, 0.15) is 0 Å². The van der Waals surface area contributed by atoms with Crippen LogP contribution in [-0.2, 0) is 0 Å². The minimum atomic E-state index is 0.160. The lowest BCUT2D eigenvalue weighted by molar-refractivity contribution is 0.567. The molecule has 0 atom stereocenters. The molecule has 2 heterocycles. The molecule has 84 valence electrons. The Morgan fingerprint density at radius 1 is 1.38 bits per heavy atom. The Bertz CT molecular complexity index is 469. The summed E-state index contributed by atoms with van der Waals surface area (Å²) in [5.74, 6) is 1.63. The summed E-state index contributed by atoms with van der Waals surface area (Å²) in [6.45, 7) is 0. The van der Waals surface area contributed by atoms with Crippen molar-refractivity contribution in [2.45, 2.75) is 0 Å². The molecule has 2 aromatic rings. The van der Waals surface area contributed by atoms with Gasteiger partial charge in [-0.05, 0) is 6.07 Å². The van der Waals surface area contributed by atoms with Gasteiger partial charge in [0.15, 0.2) is 0 Å². The summed E-state index contributed by atoms with van der Waals surface area (Å²) < 4.78 is 5.23. The maximum Gasteiger partial charge on any atom is 0.238 e. The van der Waals surface area contributed by atoms with Crippen LogP contribution in [0.25, 0.3) is 0 Å². The summed E-state index contributed by atoms with van der Waals surface area (Å²) in [5, 5.41) is 2.81. The summed E-state index contributed by atoms with van der Waals surface area (Å²) in [6.07, 6.45) is 1.58. The van der Waals surface area contributed by atoms with Crippen molar-refractivity contribution in [2.75, 3.05) is 30.0 Å². The number of aromatic nitrogens is 3. The molecule has 0 saturated carbocycles. The van der Waals surface area contributed by atoms with Gasteiger partial charge in [0.25, 0.3) is 0 Å². The molecule has 0 aromatic carbocycles. The van der Waals surface area contributed by atoms with Crippen LogP contribution < -0.4 is 16.0 Å². The zero-order chi connectivity index (χ0) is 11.5. The van der Waals surface area contributed by atoms with Crippen molar-refractivity contribution >= 4 is 23.7 Å². The lowest BCUT2D eigenvalue weighted by Crippen LogP contribution is -2.15. The van der Waals surface area contributed by atoms with Crippen molar-refractivity contribution in [1.29, 1.82) is 0 Å². The first kappa shape index (κ1) is 10.2. The number of nitrogens with zero attached hydrogens (tertiary/aromatic N) is 4. The fourth-order valence-electron chi connectivity index (χ4n) is 1.20. The third-order valence-electron chi connectivity index (χ3n) is 2.00. The van der Waals surface area contributed by atoms with E-state index >= 15 is 0 Å².